The van der Waals surface area contributed by atoms with E-state index in [-0.39, 0.29) is 5.91 Å². The van der Waals surface area contributed by atoms with Gasteiger partial charge in [-0.05, 0) is 35.9 Å². The van der Waals surface area contributed by atoms with Crippen LogP contribution in [-0.4, -0.2) is 21.9 Å². The lowest BCUT2D eigenvalue weighted by molar-refractivity contribution is 0.102. The van der Waals surface area contributed by atoms with Crippen LogP contribution < -0.4 is 10.1 Å². The topological polar surface area (TPSA) is 55.6 Å². The normalized spacial score (nSPS) is 11.1. The number of anilines is 1. The predicted octanol–water partition coefficient (Wildman–Crippen LogP) is 5.87. The highest BCUT2D eigenvalue weighted by atomic mass is 32.1. The maximum absolute atomic E-state index is 13.2. The fourth-order valence-corrected chi connectivity index (χ4v) is 4.25. The smallest absolute Gasteiger partial charge is 0.260 e. The number of hydrogen-bond donors (Lipinski definition) is 1. The van der Waals surface area contributed by atoms with Crippen LogP contribution in [0.25, 0.3) is 27.0 Å². The molecule has 2 heterocycles. The Morgan fingerprint density at radius 3 is 2.73 bits per heavy atom. The molecule has 5 rings (SSSR count). The Morgan fingerprint density at radius 2 is 1.93 bits per heavy atom. The van der Waals surface area contributed by atoms with E-state index in [1.54, 1.807) is 11.3 Å². The molecule has 3 aromatic carbocycles. The zero-order valence-corrected chi connectivity index (χ0v) is 17.1. The van der Waals surface area contributed by atoms with E-state index in [0.29, 0.717) is 17.9 Å². The van der Waals surface area contributed by atoms with Gasteiger partial charge in [0, 0.05) is 29.0 Å². The van der Waals surface area contributed by atoms with Crippen molar-refractivity contribution in [2.45, 2.75) is 6.92 Å². The molecule has 0 fully saturated rings. The summed E-state index contributed by atoms with van der Waals surface area (Å²) < 4.78 is 7.74. The van der Waals surface area contributed by atoms with Gasteiger partial charge >= 0.3 is 0 Å². The van der Waals surface area contributed by atoms with Crippen LogP contribution in [0, 0.1) is 0 Å². The van der Waals surface area contributed by atoms with Crippen molar-refractivity contribution in [2.24, 2.45) is 0 Å². The van der Waals surface area contributed by atoms with E-state index in [1.165, 1.54) is 0 Å². The van der Waals surface area contributed by atoms with E-state index in [9.17, 15) is 4.79 Å². The zero-order valence-electron chi connectivity index (χ0n) is 16.3. The number of hydrogen-bond acceptors (Lipinski definition) is 4. The average molecular weight is 414 g/mol. The second-order valence-electron chi connectivity index (χ2n) is 6.84. The van der Waals surface area contributed by atoms with Crippen LogP contribution in [0.3, 0.4) is 0 Å². The Labute approximate surface area is 177 Å². The molecule has 0 unspecified atom stereocenters. The zero-order chi connectivity index (χ0) is 20.5. The molecule has 0 atom stereocenters. The number of aromatic nitrogens is 2. The van der Waals surface area contributed by atoms with E-state index in [4.69, 9.17) is 4.74 Å². The first-order valence-corrected chi connectivity index (χ1v) is 10.6. The number of fused-ring (bicyclic) bond motifs is 2. The number of thiazole rings is 1. The Bertz CT molecular complexity index is 1320. The minimum absolute atomic E-state index is 0.189. The van der Waals surface area contributed by atoms with E-state index >= 15 is 0 Å². The molecule has 0 aliphatic heterocycles. The molecule has 0 saturated heterocycles. The van der Waals surface area contributed by atoms with Crippen molar-refractivity contribution in [2.75, 3.05) is 11.9 Å². The van der Waals surface area contributed by atoms with Crippen LogP contribution in [0.4, 0.5) is 5.69 Å². The first-order valence-electron chi connectivity index (χ1n) is 9.71. The average Bonchev–Trinajstić information content (AvgIpc) is 3.37. The van der Waals surface area contributed by atoms with Crippen molar-refractivity contribution >= 4 is 38.7 Å². The number of benzene rings is 3. The second kappa shape index (κ2) is 7.65. The van der Waals surface area contributed by atoms with Gasteiger partial charge in [0.05, 0.1) is 17.9 Å². The summed E-state index contributed by atoms with van der Waals surface area (Å²) in [6, 6.07) is 19.4. The lowest BCUT2D eigenvalue weighted by Gasteiger charge is -2.13. The van der Waals surface area contributed by atoms with Crippen molar-refractivity contribution in [1.29, 1.82) is 0 Å². The van der Waals surface area contributed by atoms with Crippen molar-refractivity contribution in [3.05, 3.63) is 84.0 Å². The molecule has 1 N–H and O–H groups in total. The first kappa shape index (κ1) is 18.4. The SMILES string of the molecule is CCOc1ccc2ccccc2c1C(=O)Nc1ccc(-c2cn3ccsc3n2)cc1. The van der Waals surface area contributed by atoms with Gasteiger partial charge in [0.1, 0.15) is 5.75 Å². The number of ether oxygens (including phenoxy) is 1. The summed E-state index contributed by atoms with van der Waals surface area (Å²) in [6.45, 7) is 2.41. The highest BCUT2D eigenvalue weighted by Crippen LogP contribution is 2.29. The molecule has 0 radical (unpaired) electrons. The predicted molar refractivity (Wildman–Crippen MR) is 122 cm³/mol. The summed E-state index contributed by atoms with van der Waals surface area (Å²) in [5, 5.41) is 6.89. The van der Waals surface area contributed by atoms with Crippen LogP contribution in [0.5, 0.6) is 5.75 Å². The Balaban J connectivity index is 1.44. The monoisotopic (exact) mass is 413 g/mol. The van der Waals surface area contributed by atoms with Gasteiger partial charge < -0.3 is 10.1 Å². The molecule has 148 valence electrons. The van der Waals surface area contributed by atoms with E-state index < -0.39 is 0 Å². The summed E-state index contributed by atoms with van der Waals surface area (Å²) >= 11 is 1.60. The third-order valence-electron chi connectivity index (χ3n) is 4.95. The Kier molecular flexibility index (Phi) is 4.69. The molecular weight excluding hydrogens is 394 g/mol. The van der Waals surface area contributed by atoms with Gasteiger partial charge in [0.15, 0.2) is 4.96 Å². The van der Waals surface area contributed by atoms with Gasteiger partial charge in [-0.15, -0.1) is 11.3 Å². The quantitative estimate of drug-likeness (QED) is 0.392. The number of carbonyl (C=O) groups is 1. The van der Waals surface area contributed by atoms with Crippen molar-refractivity contribution in [1.82, 2.24) is 9.38 Å². The lowest BCUT2D eigenvalue weighted by atomic mass is 10.0. The Hall–Kier alpha value is -3.64. The highest BCUT2D eigenvalue weighted by Gasteiger charge is 2.17. The van der Waals surface area contributed by atoms with Crippen molar-refractivity contribution in [3.63, 3.8) is 0 Å². The minimum atomic E-state index is -0.189. The highest BCUT2D eigenvalue weighted by molar-refractivity contribution is 7.15. The van der Waals surface area contributed by atoms with Crippen LogP contribution in [0.1, 0.15) is 17.3 Å². The lowest BCUT2D eigenvalue weighted by Crippen LogP contribution is -2.14. The molecule has 0 bridgehead atoms. The van der Waals surface area contributed by atoms with Crippen LogP contribution in [-0.2, 0) is 0 Å². The number of nitrogens with zero attached hydrogens (tertiary/aromatic N) is 2. The largest absolute Gasteiger partial charge is 0.493 e. The third-order valence-corrected chi connectivity index (χ3v) is 5.72. The molecule has 0 aliphatic rings. The number of rotatable bonds is 5. The van der Waals surface area contributed by atoms with Crippen LogP contribution in [0.2, 0.25) is 0 Å². The van der Waals surface area contributed by atoms with Crippen molar-refractivity contribution in [3.8, 4) is 17.0 Å². The van der Waals surface area contributed by atoms with E-state index in [0.717, 1.165) is 32.7 Å². The van der Waals surface area contributed by atoms with Gasteiger partial charge in [0.2, 0.25) is 0 Å². The summed E-state index contributed by atoms with van der Waals surface area (Å²) in [6.07, 6.45) is 4.00. The number of imidazole rings is 1. The number of nitrogens with one attached hydrogen (secondary N) is 1. The Morgan fingerprint density at radius 1 is 1.10 bits per heavy atom. The van der Waals surface area contributed by atoms with Crippen LogP contribution in [0.15, 0.2) is 78.4 Å². The molecule has 0 spiro atoms. The maximum atomic E-state index is 13.2. The molecule has 0 aliphatic carbocycles. The molecule has 1 amide bonds. The van der Waals surface area contributed by atoms with Gasteiger partial charge in [-0.25, -0.2) is 4.98 Å². The number of carbonyl (C=O) groups excluding carboxylic acids is 1. The van der Waals surface area contributed by atoms with Gasteiger partial charge in [-0.2, -0.15) is 0 Å². The maximum Gasteiger partial charge on any atom is 0.260 e. The molecule has 0 saturated carbocycles. The standard InChI is InChI=1S/C24H19N3O2S/c1-2-29-21-12-9-16-5-3-4-6-19(16)22(21)23(28)25-18-10-7-17(8-11-18)20-15-27-13-14-30-24(27)26-20/h3-15H,2H2,1H3,(H,25,28). The fourth-order valence-electron chi connectivity index (χ4n) is 3.55. The third kappa shape index (κ3) is 3.31. The summed E-state index contributed by atoms with van der Waals surface area (Å²) in [5.74, 6) is 0.397. The molecule has 6 heteroatoms. The van der Waals surface area contributed by atoms with Crippen molar-refractivity contribution < 1.29 is 9.53 Å². The fraction of sp³-hybridized carbons (Fsp3) is 0.0833. The molecule has 2 aromatic heterocycles. The molecule has 5 aromatic rings. The molecule has 30 heavy (non-hydrogen) atoms. The molecule has 5 nitrogen and oxygen atoms in total. The van der Waals surface area contributed by atoms with Crippen LogP contribution >= 0.6 is 11.3 Å². The van der Waals surface area contributed by atoms with E-state index in [2.05, 4.69) is 10.3 Å². The summed E-state index contributed by atoms with van der Waals surface area (Å²) in [5.41, 5.74) is 3.19. The number of amides is 1. The summed E-state index contributed by atoms with van der Waals surface area (Å²) in [4.78, 5) is 18.7. The summed E-state index contributed by atoms with van der Waals surface area (Å²) in [7, 11) is 0. The second-order valence-corrected chi connectivity index (χ2v) is 7.72. The van der Waals surface area contributed by atoms with Gasteiger partial charge in [0.25, 0.3) is 5.91 Å². The minimum Gasteiger partial charge on any atom is -0.493 e. The first-order chi connectivity index (χ1) is 14.7. The molecular formula is C24H19N3O2S. The van der Waals surface area contributed by atoms with E-state index in [1.807, 2.05) is 89.8 Å². The van der Waals surface area contributed by atoms with Gasteiger partial charge in [-0.1, -0.05) is 42.5 Å². The van der Waals surface area contributed by atoms with Gasteiger partial charge in [-0.3, -0.25) is 9.20 Å².